The maximum Gasteiger partial charge on any atom is 0.287 e. The minimum atomic E-state index is -0.537. The fourth-order valence-electron chi connectivity index (χ4n) is 5.67. The number of carbonyl (C=O) groups excluding carboxylic acids is 2. The molecule has 0 bridgehead atoms. The van der Waals surface area contributed by atoms with Crippen molar-refractivity contribution in [3.63, 3.8) is 0 Å². The number of fused-ring (bicyclic) bond motifs is 3. The van der Waals surface area contributed by atoms with E-state index in [0.717, 1.165) is 44.4 Å². The van der Waals surface area contributed by atoms with E-state index in [2.05, 4.69) is 46.5 Å². The summed E-state index contributed by atoms with van der Waals surface area (Å²) in [6, 6.07) is 18.1. The summed E-state index contributed by atoms with van der Waals surface area (Å²) in [7, 11) is 0. The summed E-state index contributed by atoms with van der Waals surface area (Å²) in [5, 5.41) is 16.4. The molecule has 2 amide bonds. The number of rotatable bonds is 10. The Morgan fingerprint density at radius 2 is 1.78 bits per heavy atom. The van der Waals surface area contributed by atoms with Crippen LogP contribution in [0.2, 0.25) is 5.02 Å². The van der Waals surface area contributed by atoms with E-state index in [1.807, 2.05) is 60.0 Å². The van der Waals surface area contributed by atoms with Crippen LogP contribution in [0.4, 0.5) is 0 Å². The van der Waals surface area contributed by atoms with Crippen molar-refractivity contribution in [1.29, 1.82) is 0 Å². The number of thiophene rings is 1. The van der Waals surface area contributed by atoms with Crippen molar-refractivity contribution in [2.75, 3.05) is 19.6 Å². The van der Waals surface area contributed by atoms with Crippen LogP contribution in [0, 0.1) is 32.6 Å². The predicted molar refractivity (Wildman–Crippen MR) is 193 cm³/mol. The van der Waals surface area contributed by atoms with Crippen LogP contribution >= 0.6 is 22.9 Å². The minimum absolute atomic E-state index is 0.113. The Morgan fingerprint density at radius 3 is 2.55 bits per heavy atom. The molecule has 250 valence electrons. The Bertz CT molecular complexity index is 2100. The van der Waals surface area contributed by atoms with Crippen LogP contribution in [0.5, 0.6) is 0 Å². The van der Waals surface area contributed by atoms with Crippen LogP contribution in [-0.2, 0) is 4.79 Å². The smallest absolute Gasteiger partial charge is 0.287 e. The molecule has 1 atom stereocenters. The third-order valence-electron chi connectivity index (χ3n) is 8.26. The average molecular weight is 694 g/mol. The summed E-state index contributed by atoms with van der Waals surface area (Å²) in [6.45, 7) is 7.29. The molecule has 0 spiro atoms. The number of nitrogens with zero attached hydrogens (tertiary/aromatic N) is 4. The molecule has 4 heterocycles. The van der Waals surface area contributed by atoms with Gasteiger partial charge in [0.15, 0.2) is 11.6 Å². The van der Waals surface area contributed by atoms with E-state index in [4.69, 9.17) is 26.7 Å². The molecule has 12 heteroatoms. The monoisotopic (exact) mass is 693 g/mol. The average Bonchev–Trinajstić information content (AvgIpc) is 3.79. The molecule has 49 heavy (non-hydrogen) atoms. The Balaban J connectivity index is 1.04. The molecule has 0 saturated heterocycles. The first-order chi connectivity index (χ1) is 23.7. The number of hydrogen-bond donors (Lipinski definition) is 3. The van der Waals surface area contributed by atoms with Crippen LogP contribution in [0.25, 0.3) is 16.3 Å². The van der Waals surface area contributed by atoms with E-state index in [9.17, 15) is 9.59 Å². The third-order valence-corrected chi connectivity index (χ3v) is 9.70. The normalized spacial score (nSPS) is 13.4. The van der Waals surface area contributed by atoms with Crippen molar-refractivity contribution in [2.24, 2.45) is 10.7 Å². The predicted octanol–water partition coefficient (Wildman–Crippen LogP) is 6.09. The lowest BCUT2D eigenvalue weighted by Gasteiger charge is -2.13. The van der Waals surface area contributed by atoms with Gasteiger partial charge in [-0.1, -0.05) is 47.7 Å². The molecule has 0 unspecified atom stereocenters. The molecule has 2 aromatic carbocycles. The maximum atomic E-state index is 13.2. The molecule has 0 aliphatic carbocycles. The molecule has 3 aromatic heterocycles. The number of aryl methyl sites for hydroxylation is 2. The lowest BCUT2D eigenvalue weighted by Crippen LogP contribution is -2.28. The highest BCUT2D eigenvalue weighted by Gasteiger charge is 2.32. The zero-order valence-electron chi connectivity index (χ0n) is 27.5. The SMILES string of the molecule is Cc1sc2c(c1C)C(c1ccc(Cl)cc1)=N[C@@H](CC(=O)NCCCCNC(=O)c1ccc(-c3cccc(C#CCN)c3)o1)c1nnc(C)n1-2. The number of furan rings is 1. The second-order valence-electron chi connectivity index (χ2n) is 11.7. The Labute approximate surface area is 293 Å². The van der Waals surface area contributed by atoms with Crippen molar-refractivity contribution < 1.29 is 14.0 Å². The Hall–Kier alpha value is -5.02. The van der Waals surface area contributed by atoms with E-state index in [0.29, 0.717) is 42.5 Å². The van der Waals surface area contributed by atoms with Crippen LogP contribution in [0.15, 0.2) is 70.1 Å². The highest BCUT2D eigenvalue weighted by molar-refractivity contribution is 7.15. The summed E-state index contributed by atoms with van der Waals surface area (Å²) in [5.74, 6) is 7.59. The Morgan fingerprint density at radius 1 is 1.00 bits per heavy atom. The largest absolute Gasteiger partial charge is 0.451 e. The van der Waals surface area contributed by atoms with Gasteiger partial charge in [-0.3, -0.25) is 19.1 Å². The minimum Gasteiger partial charge on any atom is -0.451 e. The van der Waals surface area contributed by atoms with E-state index >= 15 is 0 Å². The summed E-state index contributed by atoms with van der Waals surface area (Å²) in [5.41, 5.74) is 11.0. The first kappa shape index (κ1) is 33.9. The van der Waals surface area contributed by atoms with E-state index in [1.165, 1.54) is 4.88 Å². The fourth-order valence-corrected chi connectivity index (χ4v) is 7.01. The third kappa shape index (κ3) is 7.52. The highest BCUT2D eigenvalue weighted by atomic mass is 35.5. The van der Waals surface area contributed by atoms with Crippen LogP contribution in [0.3, 0.4) is 0 Å². The molecule has 0 fully saturated rings. The van der Waals surface area contributed by atoms with Gasteiger partial charge in [-0.25, -0.2) is 0 Å². The van der Waals surface area contributed by atoms with Gasteiger partial charge in [0.1, 0.15) is 22.6 Å². The maximum absolute atomic E-state index is 13.2. The second-order valence-corrected chi connectivity index (χ2v) is 13.3. The van der Waals surface area contributed by atoms with Gasteiger partial charge in [-0.05, 0) is 75.6 Å². The van der Waals surface area contributed by atoms with Crippen molar-refractivity contribution in [3.8, 4) is 28.2 Å². The molecule has 10 nitrogen and oxygen atoms in total. The quantitative estimate of drug-likeness (QED) is 0.120. The van der Waals surface area contributed by atoms with Crippen LogP contribution < -0.4 is 16.4 Å². The van der Waals surface area contributed by atoms with E-state index in [-0.39, 0.29) is 30.5 Å². The van der Waals surface area contributed by atoms with Gasteiger partial charge in [0.2, 0.25) is 5.91 Å². The number of benzene rings is 2. The second kappa shape index (κ2) is 15.0. The molecular weight excluding hydrogens is 658 g/mol. The summed E-state index contributed by atoms with van der Waals surface area (Å²) >= 11 is 7.88. The molecule has 0 saturated carbocycles. The molecule has 5 aromatic rings. The van der Waals surface area contributed by atoms with Crippen molar-refractivity contribution in [1.82, 2.24) is 25.4 Å². The molecule has 1 aliphatic rings. The number of carbonyl (C=O) groups is 2. The number of amides is 2. The first-order valence-corrected chi connectivity index (χ1v) is 17.2. The summed E-state index contributed by atoms with van der Waals surface area (Å²) in [6.07, 6.45) is 1.47. The fraction of sp³-hybridized carbons (Fsp3) is 0.270. The van der Waals surface area contributed by atoms with Gasteiger partial charge in [-0.15, -0.1) is 21.5 Å². The van der Waals surface area contributed by atoms with Gasteiger partial charge < -0.3 is 20.8 Å². The molecule has 1 aliphatic heterocycles. The van der Waals surface area contributed by atoms with Gasteiger partial charge in [0.05, 0.1) is 18.7 Å². The van der Waals surface area contributed by atoms with Crippen LogP contribution in [0.1, 0.15) is 74.6 Å². The van der Waals surface area contributed by atoms with Crippen LogP contribution in [-0.4, -0.2) is 51.9 Å². The molecular formula is C37H36ClN7O3S. The number of aromatic nitrogens is 3. The van der Waals surface area contributed by atoms with Crippen molar-refractivity contribution in [3.05, 3.63) is 110 Å². The lowest BCUT2D eigenvalue weighted by atomic mass is 9.99. The van der Waals surface area contributed by atoms with Gasteiger partial charge in [0, 0.05) is 45.2 Å². The first-order valence-electron chi connectivity index (χ1n) is 16.0. The van der Waals surface area contributed by atoms with Gasteiger partial charge in [0.25, 0.3) is 5.91 Å². The molecule has 4 N–H and O–H groups in total. The van der Waals surface area contributed by atoms with E-state index in [1.54, 1.807) is 23.5 Å². The van der Waals surface area contributed by atoms with Gasteiger partial charge in [-0.2, -0.15) is 0 Å². The van der Waals surface area contributed by atoms with E-state index < -0.39 is 6.04 Å². The standard InChI is InChI=1S/C37H36ClN7O3S/c1-22-23(2)49-37-33(22)34(26-11-13-28(38)14-12-26)42-29(35-44-43-24(3)45(35)37)21-32(46)40-18-4-5-19-41-36(47)31-16-15-30(48-31)27-10-6-8-25(20-27)9-7-17-39/h6,8,10-16,20,29H,4-5,17-19,21,39H2,1-3H3,(H,40,46)(H,41,47)/t29-/m0/s1. The summed E-state index contributed by atoms with van der Waals surface area (Å²) in [4.78, 5) is 32.3. The number of hydrogen-bond acceptors (Lipinski definition) is 8. The summed E-state index contributed by atoms with van der Waals surface area (Å²) < 4.78 is 7.84. The van der Waals surface area contributed by atoms with Gasteiger partial charge >= 0.3 is 0 Å². The number of aliphatic imine (C=N–C) groups is 1. The van der Waals surface area contributed by atoms with Crippen molar-refractivity contribution >= 4 is 40.5 Å². The zero-order valence-corrected chi connectivity index (χ0v) is 29.0. The topological polar surface area (TPSA) is 140 Å². The molecule has 0 radical (unpaired) electrons. The number of nitrogens with two attached hydrogens (primary N) is 1. The highest BCUT2D eigenvalue weighted by Crippen LogP contribution is 2.39. The number of halogens is 1. The number of unbranched alkanes of at least 4 members (excludes halogenated alkanes) is 1. The zero-order chi connectivity index (χ0) is 34.5. The number of nitrogens with one attached hydrogen (secondary N) is 2. The van der Waals surface area contributed by atoms with Crippen molar-refractivity contribution in [2.45, 2.75) is 46.1 Å². The molecule has 6 rings (SSSR count). The Kier molecular flexibility index (Phi) is 10.4. The lowest BCUT2D eigenvalue weighted by molar-refractivity contribution is -0.121.